The summed E-state index contributed by atoms with van der Waals surface area (Å²) in [7, 11) is 0. The Kier molecular flexibility index (Phi) is 4.62. The summed E-state index contributed by atoms with van der Waals surface area (Å²) in [5.74, 6) is -0.301. The molecule has 4 rings (SSSR count). The van der Waals surface area contributed by atoms with Gasteiger partial charge in [-0.05, 0) is 42.8 Å². The second kappa shape index (κ2) is 7.24. The van der Waals surface area contributed by atoms with Gasteiger partial charge >= 0.3 is 0 Å². The molecule has 2 N–H and O–H groups in total. The first-order valence-corrected chi connectivity index (χ1v) is 9.39. The summed E-state index contributed by atoms with van der Waals surface area (Å²) >= 11 is 1.39. The molecule has 2 heterocycles. The van der Waals surface area contributed by atoms with Gasteiger partial charge in [0.2, 0.25) is 5.91 Å². The van der Waals surface area contributed by atoms with Crippen molar-refractivity contribution in [3.05, 3.63) is 71.0 Å². The van der Waals surface area contributed by atoms with E-state index in [1.165, 1.54) is 23.5 Å². The van der Waals surface area contributed by atoms with E-state index < -0.39 is 11.9 Å². The summed E-state index contributed by atoms with van der Waals surface area (Å²) in [6, 6.07) is 16.7. The number of nitrogens with one attached hydrogen (secondary N) is 1. The first-order chi connectivity index (χ1) is 13.5. The number of anilines is 1. The summed E-state index contributed by atoms with van der Waals surface area (Å²) in [4.78, 5) is 26.8. The summed E-state index contributed by atoms with van der Waals surface area (Å²) in [5.41, 5.74) is 1.14. The standard InChI is InChI=1S/C20H16N4O3S/c1-12(18(26)21-14-7-9-15(25)10-8-14)24-20(27)16-11-17(28-19(16)22-23-24)13-5-3-2-4-6-13/h2-12,25H,1H3,(H,21,26). The zero-order chi connectivity index (χ0) is 19.7. The van der Waals surface area contributed by atoms with E-state index in [9.17, 15) is 14.7 Å². The van der Waals surface area contributed by atoms with E-state index in [0.29, 0.717) is 15.9 Å². The van der Waals surface area contributed by atoms with Crippen molar-refractivity contribution in [3.8, 4) is 16.2 Å². The highest BCUT2D eigenvalue weighted by Gasteiger charge is 2.20. The molecule has 0 saturated carbocycles. The van der Waals surface area contributed by atoms with Gasteiger partial charge in [0.1, 0.15) is 11.8 Å². The second-order valence-corrected chi connectivity index (χ2v) is 7.28. The highest BCUT2D eigenvalue weighted by Crippen LogP contribution is 2.30. The van der Waals surface area contributed by atoms with Crippen LogP contribution in [0.25, 0.3) is 20.7 Å². The van der Waals surface area contributed by atoms with E-state index in [2.05, 4.69) is 15.6 Å². The van der Waals surface area contributed by atoms with Gasteiger partial charge in [0.05, 0.1) is 5.39 Å². The van der Waals surface area contributed by atoms with Crippen LogP contribution in [0, 0.1) is 0 Å². The van der Waals surface area contributed by atoms with Crippen LogP contribution in [-0.2, 0) is 4.79 Å². The fraction of sp³-hybridized carbons (Fsp3) is 0.100. The lowest BCUT2D eigenvalue weighted by Gasteiger charge is -2.13. The molecule has 1 atom stereocenters. The Morgan fingerprint density at radius 3 is 2.57 bits per heavy atom. The quantitative estimate of drug-likeness (QED) is 0.519. The van der Waals surface area contributed by atoms with Gasteiger partial charge in [-0.2, -0.15) is 4.68 Å². The molecule has 0 aliphatic carbocycles. The van der Waals surface area contributed by atoms with Crippen LogP contribution < -0.4 is 10.9 Å². The minimum absolute atomic E-state index is 0.102. The molecule has 0 radical (unpaired) electrons. The lowest BCUT2D eigenvalue weighted by molar-refractivity contribution is -0.119. The van der Waals surface area contributed by atoms with Crippen molar-refractivity contribution in [2.45, 2.75) is 13.0 Å². The van der Waals surface area contributed by atoms with Crippen molar-refractivity contribution in [1.29, 1.82) is 0 Å². The number of fused-ring (bicyclic) bond motifs is 1. The molecule has 0 spiro atoms. The molecule has 0 aliphatic heterocycles. The molecule has 1 unspecified atom stereocenters. The summed E-state index contributed by atoms with van der Waals surface area (Å²) in [5, 5.41) is 20.5. The van der Waals surface area contributed by atoms with Crippen LogP contribution in [0.4, 0.5) is 5.69 Å². The Balaban J connectivity index is 1.64. The molecule has 4 aromatic rings. The van der Waals surface area contributed by atoms with Crippen LogP contribution in [-0.4, -0.2) is 26.0 Å². The van der Waals surface area contributed by atoms with Gasteiger partial charge in [-0.25, -0.2) is 0 Å². The van der Waals surface area contributed by atoms with Crippen molar-refractivity contribution in [1.82, 2.24) is 15.0 Å². The lowest BCUT2D eigenvalue weighted by atomic mass is 10.2. The molecule has 28 heavy (non-hydrogen) atoms. The van der Waals surface area contributed by atoms with Gasteiger partial charge in [-0.15, -0.1) is 16.4 Å². The smallest absolute Gasteiger partial charge is 0.279 e. The van der Waals surface area contributed by atoms with Gasteiger partial charge in [-0.1, -0.05) is 35.5 Å². The summed E-state index contributed by atoms with van der Waals surface area (Å²) < 4.78 is 1.08. The van der Waals surface area contributed by atoms with Gasteiger partial charge in [0.25, 0.3) is 5.56 Å². The van der Waals surface area contributed by atoms with Gasteiger partial charge in [0.15, 0.2) is 4.83 Å². The largest absolute Gasteiger partial charge is 0.508 e. The number of rotatable bonds is 4. The highest BCUT2D eigenvalue weighted by atomic mass is 32.1. The first-order valence-electron chi connectivity index (χ1n) is 8.57. The minimum atomic E-state index is -0.849. The molecule has 0 bridgehead atoms. The third kappa shape index (κ3) is 3.37. The number of aromatic nitrogens is 3. The number of carbonyl (C=O) groups is 1. The van der Waals surface area contributed by atoms with Gasteiger partial charge in [-0.3, -0.25) is 9.59 Å². The Bertz CT molecular complexity index is 1200. The van der Waals surface area contributed by atoms with E-state index in [0.717, 1.165) is 15.1 Å². The van der Waals surface area contributed by atoms with Crippen LogP contribution in [0.15, 0.2) is 65.5 Å². The first kappa shape index (κ1) is 17.9. The molecule has 140 valence electrons. The Morgan fingerprint density at radius 2 is 1.86 bits per heavy atom. The monoisotopic (exact) mass is 392 g/mol. The number of nitrogens with zero attached hydrogens (tertiary/aromatic N) is 3. The number of phenols is 1. The molecule has 0 fully saturated rings. The van der Waals surface area contributed by atoms with Crippen molar-refractivity contribution in [2.75, 3.05) is 5.32 Å². The van der Waals surface area contributed by atoms with Crippen molar-refractivity contribution in [3.63, 3.8) is 0 Å². The molecular formula is C20H16N4O3S. The molecule has 0 saturated heterocycles. The van der Waals surface area contributed by atoms with Crippen LogP contribution >= 0.6 is 11.3 Å². The van der Waals surface area contributed by atoms with Gasteiger partial charge in [0, 0.05) is 10.6 Å². The predicted octanol–water partition coefficient (Wildman–Crippen LogP) is 3.43. The number of aromatic hydroxyl groups is 1. The highest BCUT2D eigenvalue weighted by molar-refractivity contribution is 7.21. The van der Waals surface area contributed by atoms with Crippen LogP contribution in [0.3, 0.4) is 0 Å². The van der Waals surface area contributed by atoms with E-state index in [4.69, 9.17) is 0 Å². The van der Waals surface area contributed by atoms with Crippen LogP contribution in [0.1, 0.15) is 13.0 Å². The Morgan fingerprint density at radius 1 is 1.14 bits per heavy atom. The fourth-order valence-electron chi connectivity index (χ4n) is 2.76. The number of hydrogen-bond acceptors (Lipinski definition) is 6. The van der Waals surface area contributed by atoms with Crippen LogP contribution in [0.5, 0.6) is 5.75 Å². The molecule has 2 aromatic carbocycles. The summed E-state index contributed by atoms with van der Waals surface area (Å²) in [6.45, 7) is 1.59. The van der Waals surface area contributed by atoms with E-state index >= 15 is 0 Å². The van der Waals surface area contributed by atoms with E-state index in [1.807, 2.05) is 30.3 Å². The second-order valence-electron chi connectivity index (χ2n) is 6.25. The van der Waals surface area contributed by atoms with Crippen LogP contribution in [0.2, 0.25) is 0 Å². The Labute approximate surface area is 163 Å². The zero-order valence-electron chi connectivity index (χ0n) is 14.9. The normalized spacial score (nSPS) is 12.0. The number of phenolic OH excluding ortho intramolecular Hbond substituents is 1. The maximum Gasteiger partial charge on any atom is 0.279 e. The Hall–Kier alpha value is -3.52. The van der Waals surface area contributed by atoms with E-state index in [-0.39, 0.29) is 11.3 Å². The molecule has 0 aliphatic rings. The molecular weight excluding hydrogens is 376 g/mol. The molecule has 1 amide bonds. The number of hydrogen-bond donors (Lipinski definition) is 2. The maximum absolute atomic E-state index is 12.9. The molecule has 2 aromatic heterocycles. The molecule has 8 heteroatoms. The molecule has 7 nitrogen and oxygen atoms in total. The van der Waals surface area contributed by atoms with Gasteiger partial charge < -0.3 is 10.4 Å². The fourth-order valence-corrected chi connectivity index (χ4v) is 3.73. The minimum Gasteiger partial charge on any atom is -0.508 e. The number of thiophene rings is 1. The average Bonchev–Trinajstić information content (AvgIpc) is 3.15. The van der Waals surface area contributed by atoms with E-state index in [1.54, 1.807) is 25.1 Å². The van der Waals surface area contributed by atoms with Crippen molar-refractivity contribution >= 4 is 33.1 Å². The van der Waals surface area contributed by atoms with Crippen molar-refractivity contribution < 1.29 is 9.90 Å². The predicted molar refractivity (Wildman–Crippen MR) is 109 cm³/mol. The lowest BCUT2D eigenvalue weighted by Crippen LogP contribution is -2.33. The number of benzene rings is 2. The van der Waals surface area contributed by atoms with Crippen molar-refractivity contribution in [2.24, 2.45) is 0 Å². The maximum atomic E-state index is 12.9. The SMILES string of the molecule is CC(C(=O)Nc1ccc(O)cc1)n1nnc2sc(-c3ccccc3)cc2c1=O. The topological polar surface area (TPSA) is 97.1 Å². The third-order valence-corrected chi connectivity index (χ3v) is 5.39. The summed E-state index contributed by atoms with van der Waals surface area (Å²) in [6.07, 6.45) is 0. The number of carbonyl (C=O) groups excluding carboxylic acids is 1. The zero-order valence-corrected chi connectivity index (χ0v) is 15.7. The number of amides is 1. The average molecular weight is 392 g/mol. The third-order valence-electron chi connectivity index (χ3n) is 4.32.